The molecule has 1 aliphatic carbocycles. The van der Waals surface area contributed by atoms with Gasteiger partial charge >= 0.3 is 0 Å². The molecule has 1 aliphatic heterocycles. The molecule has 2 N–H and O–H groups in total. The highest BCUT2D eigenvalue weighted by atomic mass is 16.5. The Morgan fingerprint density at radius 3 is 2.68 bits per heavy atom. The Morgan fingerprint density at radius 2 is 2.00 bits per heavy atom. The van der Waals surface area contributed by atoms with Crippen LogP contribution in [0.5, 0.6) is 0 Å². The van der Waals surface area contributed by atoms with Crippen LogP contribution in [0.15, 0.2) is 0 Å². The first-order chi connectivity index (χ1) is 9.19. The number of hydrogen-bond donors (Lipinski definition) is 1. The van der Waals surface area contributed by atoms with Crippen molar-refractivity contribution in [2.75, 3.05) is 26.7 Å². The molecule has 3 nitrogen and oxygen atoms in total. The van der Waals surface area contributed by atoms with Gasteiger partial charge in [-0.3, -0.25) is 0 Å². The lowest BCUT2D eigenvalue weighted by atomic mass is 9.77. The average Bonchev–Trinajstić information content (AvgIpc) is 2.42. The van der Waals surface area contributed by atoms with E-state index in [1.54, 1.807) is 0 Å². The summed E-state index contributed by atoms with van der Waals surface area (Å²) in [5, 5.41) is 0. The SMILES string of the molecule is CCC1CCC(N)C(CN(C)CC2CCCCO2)C1. The van der Waals surface area contributed by atoms with Gasteiger partial charge in [0, 0.05) is 25.7 Å². The molecule has 0 bridgehead atoms. The Balaban J connectivity index is 1.74. The number of nitrogens with two attached hydrogens (primary N) is 1. The van der Waals surface area contributed by atoms with Gasteiger partial charge < -0.3 is 15.4 Å². The second-order valence-corrected chi connectivity index (χ2v) is 6.72. The van der Waals surface area contributed by atoms with Crippen molar-refractivity contribution in [2.24, 2.45) is 17.6 Å². The predicted molar refractivity (Wildman–Crippen MR) is 80.2 cm³/mol. The number of hydrogen-bond acceptors (Lipinski definition) is 3. The number of rotatable bonds is 5. The normalized spacial score (nSPS) is 36.6. The molecule has 0 aromatic heterocycles. The second-order valence-electron chi connectivity index (χ2n) is 6.72. The Bertz CT molecular complexity index is 253. The molecule has 0 radical (unpaired) electrons. The van der Waals surface area contributed by atoms with Crippen LogP contribution in [0.1, 0.15) is 51.9 Å². The van der Waals surface area contributed by atoms with Gasteiger partial charge in [-0.15, -0.1) is 0 Å². The van der Waals surface area contributed by atoms with Gasteiger partial charge in [0.25, 0.3) is 0 Å². The molecule has 0 spiro atoms. The fourth-order valence-electron chi connectivity index (χ4n) is 3.74. The van der Waals surface area contributed by atoms with E-state index in [0.29, 0.717) is 18.1 Å². The molecular weight excluding hydrogens is 236 g/mol. The van der Waals surface area contributed by atoms with Crippen LogP contribution in [0.2, 0.25) is 0 Å². The summed E-state index contributed by atoms with van der Waals surface area (Å²) in [7, 11) is 2.24. The first-order valence-corrected chi connectivity index (χ1v) is 8.24. The van der Waals surface area contributed by atoms with Gasteiger partial charge in [0.1, 0.15) is 0 Å². The van der Waals surface area contributed by atoms with Gasteiger partial charge in [-0.1, -0.05) is 13.3 Å². The number of nitrogens with zero attached hydrogens (tertiary/aromatic N) is 1. The Labute approximate surface area is 118 Å². The molecule has 0 aromatic carbocycles. The van der Waals surface area contributed by atoms with E-state index < -0.39 is 0 Å². The van der Waals surface area contributed by atoms with Gasteiger partial charge in [-0.2, -0.15) is 0 Å². The first kappa shape index (κ1) is 15.3. The summed E-state index contributed by atoms with van der Waals surface area (Å²) in [5.74, 6) is 1.59. The minimum Gasteiger partial charge on any atom is -0.377 e. The summed E-state index contributed by atoms with van der Waals surface area (Å²) in [6.07, 6.45) is 9.47. The number of likely N-dealkylation sites (N-methyl/N-ethyl adjacent to an activating group) is 1. The highest BCUT2D eigenvalue weighted by molar-refractivity contribution is 4.84. The van der Waals surface area contributed by atoms with Crippen molar-refractivity contribution in [3.63, 3.8) is 0 Å². The number of ether oxygens (including phenoxy) is 1. The van der Waals surface area contributed by atoms with Crippen LogP contribution < -0.4 is 5.73 Å². The standard InChI is InChI=1S/C16H32N2O/c1-3-13-7-8-16(17)14(10-13)11-18(2)12-15-6-4-5-9-19-15/h13-16H,3-12,17H2,1-2H3. The van der Waals surface area contributed by atoms with E-state index in [1.165, 1.54) is 44.9 Å². The minimum atomic E-state index is 0.414. The molecule has 2 rings (SSSR count). The van der Waals surface area contributed by atoms with E-state index in [1.807, 2.05) is 0 Å². The third-order valence-corrected chi connectivity index (χ3v) is 5.06. The third-order valence-electron chi connectivity index (χ3n) is 5.06. The summed E-state index contributed by atoms with van der Waals surface area (Å²) in [6, 6.07) is 0.414. The zero-order valence-electron chi connectivity index (χ0n) is 12.8. The van der Waals surface area contributed by atoms with E-state index >= 15 is 0 Å². The zero-order chi connectivity index (χ0) is 13.7. The predicted octanol–water partition coefficient (Wildman–Crippen LogP) is 2.64. The highest BCUT2D eigenvalue weighted by Gasteiger charge is 2.28. The molecule has 19 heavy (non-hydrogen) atoms. The van der Waals surface area contributed by atoms with E-state index in [4.69, 9.17) is 10.5 Å². The smallest absolute Gasteiger partial charge is 0.0701 e. The lowest BCUT2D eigenvalue weighted by Gasteiger charge is -2.37. The summed E-state index contributed by atoms with van der Waals surface area (Å²) in [5.41, 5.74) is 6.32. The van der Waals surface area contributed by atoms with Crippen molar-refractivity contribution < 1.29 is 4.74 Å². The molecule has 0 aromatic rings. The van der Waals surface area contributed by atoms with Crippen LogP contribution in [0.3, 0.4) is 0 Å². The summed E-state index contributed by atoms with van der Waals surface area (Å²) >= 11 is 0. The molecule has 1 heterocycles. The molecule has 112 valence electrons. The van der Waals surface area contributed by atoms with Gasteiger partial charge in [0.2, 0.25) is 0 Å². The molecule has 1 saturated carbocycles. The highest BCUT2D eigenvalue weighted by Crippen LogP contribution is 2.30. The molecule has 2 fully saturated rings. The third kappa shape index (κ3) is 4.73. The monoisotopic (exact) mass is 268 g/mol. The zero-order valence-corrected chi connectivity index (χ0v) is 12.8. The Kier molecular flexibility index (Phi) is 6.11. The molecule has 2 aliphatic rings. The van der Waals surface area contributed by atoms with E-state index in [-0.39, 0.29) is 0 Å². The molecule has 0 amide bonds. The molecule has 3 heteroatoms. The first-order valence-electron chi connectivity index (χ1n) is 8.24. The van der Waals surface area contributed by atoms with Crippen LogP contribution >= 0.6 is 0 Å². The van der Waals surface area contributed by atoms with Crippen molar-refractivity contribution in [3.05, 3.63) is 0 Å². The Hall–Kier alpha value is -0.120. The average molecular weight is 268 g/mol. The maximum Gasteiger partial charge on any atom is 0.0701 e. The maximum absolute atomic E-state index is 6.32. The summed E-state index contributed by atoms with van der Waals surface area (Å²) in [4.78, 5) is 2.46. The molecule has 4 unspecified atom stereocenters. The van der Waals surface area contributed by atoms with Crippen LogP contribution in [0.4, 0.5) is 0 Å². The van der Waals surface area contributed by atoms with E-state index in [9.17, 15) is 0 Å². The molecular formula is C16H32N2O. The minimum absolute atomic E-state index is 0.414. The van der Waals surface area contributed by atoms with Crippen LogP contribution in [-0.4, -0.2) is 43.8 Å². The summed E-state index contributed by atoms with van der Waals surface area (Å²) < 4.78 is 5.83. The van der Waals surface area contributed by atoms with Gasteiger partial charge in [-0.05, 0) is 57.4 Å². The Morgan fingerprint density at radius 1 is 1.16 bits per heavy atom. The van der Waals surface area contributed by atoms with E-state index in [0.717, 1.165) is 25.6 Å². The van der Waals surface area contributed by atoms with Crippen molar-refractivity contribution in [1.29, 1.82) is 0 Å². The lowest BCUT2D eigenvalue weighted by molar-refractivity contribution is -0.00541. The van der Waals surface area contributed by atoms with Crippen LogP contribution in [-0.2, 0) is 4.74 Å². The van der Waals surface area contributed by atoms with Crippen molar-refractivity contribution in [3.8, 4) is 0 Å². The summed E-state index contributed by atoms with van der Waals surface area (Å²) in [6.45, 7) is 5.51. The van der Waals surface area contributed by atoms with Gasteiger partial charge in [0.05, 0.1) is 6.10 Å². The van der Waals surface area contributed by atoms with E-state index in [2.05, 4.69) is 18.9 Å². The van der Waals surface area contributed by atoms with Gasteiger partial charge in [-0.25, -0.2) is 0 Å². The largest absolute Gasteiger partial charge is 0.377 e. The van der Waals surface area contributed by atoms with Crippen molar-refractivity contribution >= 4 is 0 Å². The fraction of sp³-hybridized carbons (Fsp3) is 1.00. The topological polar surface area (TPSA) is 38.5 Å². The van der Waals surface area contributed by atoms with Gasteiger partial charge in [0.15, 0.2) is 0 Å². The lowest BCUT2D eigenvalue weighted by Crippen LogP contribution is -2.44. The second kappa shape index (κ2) is 7.61. The van der Waals surface area contributed by atoms with Crippen molar-refractivity contribution in [1.82, 2.24) is 4.90 Å². The maximum atomic E-state index is 6.32. The quantitative estimate of drug-likeness (QED) is 0.833. The molecule has 1 saturated heterocycles. The fourth-order valence-corrected chi connectivity index (χ4v) is 3.74. The van der Waals surface area contributed by atoms with Crippen molar-refractivity contribution in [2.45, 2.75) is 64.0 Å². The van der Waals surface area contributed by atoms with Crippen LogP contribution in [0.25, 0.3) is 0 Å². The molecule has 4 atom stereocenters. The van der Waals surface area contributed by atoms with Crippen LogP contribution in [0, 0.1) is 11.8 Å².